The zero-order valence-corrected chi connectivity index (χ0v) is 12.8. The van der Waals surface area contributed by atoms with E-state index in [1.165, 1.54) is 19.3 Å². The van der Waals surface area contributed by atoms with Crippen LogP contribution < -0.4 is 5.32 Å². The second-order valence-corrected chi connectivity index (χ2v) is 6.91. The van der Waals surface area contributed by atoms with Gasteiger partial charge in [0.2, 0.25) is 0 Å². The Balaban J connectivity index is 1.68. The number of ether oxygens (including phenoxy) is 1. The van der Waals surface area contributed by atoms with Crippen molar-refractivity contribution < 1.29 is 14.9 Å². The molecule has 0 radical (unpaired) electrons. The van der Waals surface area contributed by atoms with Crippen LogP contribution >= 0.6 is 0 Å². The highest BCUT2D eigenvalue weighted by Crippen LogP contribution is 2.31. The van der Waals surface area contributed by atoms with Crippen LogP contribution in [0.3, 0.4) is 0 Å². The SMILES string of the molecule is CC1CCCC(CO)(NCC(O)COC2CCCC2)C1. The highest BCUT2D eigenvalue weighted by atomic mass is 16.5. The van der Waals surface area contributed by atoms with Crippen molar-refractivity contribution in [3.63, 3.8) is 0 Å². The minimum absolute atomic E-state index is 0.160. The number of aliphatic hydroxyl groups excluding tert-OH is 2. The van der Waals surface area contributed by atoms with Gasteiger partial charge >= 0.3 is 0 Å². The van der Waals surface area contributed by atoms with Crippen LogP contribution in [0.2, 0.25) is 0 Å². The molecule has 4 nitrogen and oxygen atoms in total. The first-order chi connectivity index (χ1) is 9.63. The molecule has 0 bridgehead atoms. The maximum Gasteiger partial charge on any atom is 0.0898 e. The van der Waals surface area contributed by atoms with Crippen molar-refractivity contribution in [2.24, 2.45) is 5.92 Å². The van der Waals surface area contributed by atoms with Crippen molar-refractivity contribution in [3.05, 3.63) is 0 Å². The summed E-state index contributed by atoms with van der Waals surface area (Å²) in [6, 6.07) is 0. The number of β-amino-alcohol motifs (C(OH)–C–C–N with tert-alkyl or cyclic N) is 1. The summed E-state index contributed by atoms with van der Waals surface area (Å²) in [5.41, 5.74) is -0.188. The Kier molecular flexibility index (Phi) is 6.27. The molecule has 0 aliphatic heterocycles. The molecule has 0 aromatic heterocycles. The summed E-state index contributed by atoms with van der Waals surface area (Å²) in [6.45, 7) is 3.33. The van der Waals surface area contributed by atoms with E-state index in [4.69, 9.17) is 4.74 Å². The van der Waals surface area contributed by atoms with Crippen molar-refractivity contribution in [2.45, 2.75) is 76.0 Å². The second-order valence-electron chi connectivity index (χ2n) is 6.91. The first-order valence-corrected chi connectivity index (χ1v) is 8.29. The predicted octanol–water partition coefficient (Wildman–Crippen LogP) is 1.84. The van der Waals surface area contributed by atoms with Gasteiger partial charge in [0.15, 0.2) is 0 Å². The van der Waals surface area contributed by atoms with Gasteiger partial charge in [-0.15, -0.1) is 0 Å². The molecule has 4 heteroatoms. The fourth-order valence-corrected chi connectivity index (χ4v) is 3.72. The van der Waals surface area contributed by atoms with E-state index in [1.54, 1.807) is 0 Å². The maximum absolute atomic E-state index is 10.0. The topological polar surface area (TPSA) is 61.7 Å². The summed E-state index contributed by atoms with van der Waals surface area (Å²) < 4.78 is 5.74. The summed E-state index contributed by atoms with van der Waals surface area (Å²) in [5, 5.41) is 23.2. The molecule has 0 aromatic rings. The van der Waals surface area contributed by atoms with E-state index in [0.29, 0.717) is 25.2 Å². The van der Waals surface area contributed by atoms with Crippen molar-refractivity contribution in [3.8, 4) is 0 Å². The van der Waals surface area contributed by atoms with Crippen LogP contribution in [0.5, 0.6) is 0 Å². The molecule has 118 valence electrons. The Morgan fingerprint density at radius 1 is 1.25 bits per heavy atom. The molecule has 2 rings (SSSR count). The lowest BCUT2D eigenvalue weighted by Crippen LogP contribution is -2.54. The van der Waals surface area contributed by atoms with Gasteiger partial charge in [-0.2, -0.15) is 0 Å². The van der Waals surface area contributed by atoms with Crippen LogP contribution in [0.1, 0.15) is 58.3 Å². The molecular weight excluding hydrogens is 254 g/mol. The first-order valence-electron chi connectivity index (χ1n) is 8.29. The van der Waals surface area contributed by atoms with E-state index in [2.05, 4.69) is 12.2 Å². The fourth-order valence-electron chi connectivity index (χ4n) is 3.72. The quantitative estimate of drug-likeness (QED) is 0.668. The molecule has 3 N–H and O–H groups in total. The van der Waals surface area contributed by atoms with Gasteiger partial charge in [0.05, 0.1) is 25.4 Å². The number of rotatable bonds is 7. The molecule has 2 saturated carbocycles. The van der Waals surface area contributed by atoms with E-state index < -0.39 is 6.10 Å². The van der Waals surface area contributed by atoms with Gasteiger partial charge in [0.25, 0.3) is 0 Å². The van der Waals surface area contributed by atoms with Gasteiger partial charge < -0.3 is 20.3 Å². The Morgan fingerprint density at radius 3 is 2.65 bits per heavy atom. The van der Waals surface area contributed by atoms with Crippen LogP contribution in [-0.4, -0.2) is 47.7 Å². The van der Waals surface area contributed by atoms with Crippen molar-refractivity contribution in [1.29, 1.82) is 0 Å². The smallest absolute Gasteiger partial charge is 0.0898 e. The standard InChI is InChI=1S/C16H31NO3/c1-13-5-4-8-16(9-13,12-18)17-10-14(19)11-20-15-6-2-3-7-15/h13-15,17-19H,2-12H2,1H3. The molecule has 2 aliphatic rings. The average molecular weight is 285 g/mol. The largest absolute Gasteiger partial charge is 0.394 e. The maximum atomic E-state index is 10.0. The Bertz CT molecular complexity index is 281. The Labute approximate surface area is 122 Å². The van der Waals surface area contributed by atoms with Gasteiger partial charge in [0.1, 0.15) is 0 Å². The molecule has 2 fully saturated rings. The summed E-state index contributed by atoms with van der Waals surface area (Å²) in [5.74, 6) is 0.648. The third-order valence-corrected chi connectivity index (χ3v) is 4.93. The first kappa shape index (κ1) is 16.2. The second kappa shape index (κ2) is 7.74. The molecule has 0 aromatic carbocycles. The monoisotopic (exact) mass is 285 g/mol. The van der Waals surface area contributed by atoms with Gasteiger partial charge in [-0.1, -0.05) is 32.6 Å². The van der Waals surface area contributed by atoms with E-state index >= 15 is 0 Å². The predicted molar refractivity (Wildman–Crippen MR) is 79.7 cm³/mol. The Morgan fingerprint density at radius 2 is 2.00 bits per heavy atom. The fraction of sp³-hybridized carbons (Fsp3) is 1.00. The minimum atomic E-state index is -0.476. The number of nitrogens with one attached hydrogen (secondary N) is 1. The van der Waals surface area contributed by atoms with Crippen LogP contribution in [-0.2, 0) is 4.74 Å². The normalized spacial score (nSPS) is 33.5. The van der Waals surface area contributed by atoms with Gasteiger partial charge in [-0.25, -0.2) is 0 Å². The molecule has 0 saturated heterocycles. The van der Waals surface area contributed by atoms with E-state index in [-0.39, 0.29) is 12.1 Å². The van der Waals surface area contributed by atoms with Gasteiger partial charge in [-0.05, 0) is 31.6 Å². The van der Waals surface area contributed by atoms with E-state index in [0.717, 1.165) is 32.1 Å². The minimum Gasteiger partial charge on any atom is -0.394 e. The lowest BCUT2D eigenvalue weighted by molar-refractivity contribution is -0.0121. The van der Waals surface area contributed by atoms with Gasteiger partial charge in [-0.3, -0.25) is 0 Å². The number of hydrogen-bond acceptors (Lipinski definition) is 4. The zero-order valence-electron chi connectivity index (χ0n) is 12.8. The lowest BCUT2D eigenvalue weighted by Gasteiger charge is -2.40. The highest BCUT2D eigenvalue weighted by Gasteiger charge is 2.34. The number of aliphatic hydroxyl groups is 2. The molecule has 20 heavy (non-hydrogen) atoms. The molecular formula is C16H31NO3. The van der Waals surface area contributed by atoms with Crippen LogP contribution in [0, 0.1) is 5.92 Å². The van der Waals surface area contributed by atoms with E-state index in [9.17, 15) is 10.2 Å². The highest BCUT2D eigenvalue weighted by molar-refractivity contribution is 4.92. The van der Waals surface area contributed by atoms with Crippen LogP contribution in [0.25, 0.3) is 0 Å². The number of hydrogen-bond donors (Lipinski definition) is 3. The van der Waals surface area contributed by atoms with Crippen LogP contribution in [0.15, 0.2) is 0 Å². The third-order valence-electron chi connectivity index (χ3n) is 4.93. The molecule has 3 atom stereocenters. The summed E-state index contributed by atoms with van der Waals surface area (Å²) in [7, 11) is 0. The third kappa shape index (κ3) is 4.69. The molecule has 0 heterocycles. The summed E-state index contributed by atoms with van der Waals surface area (Å²) >= 11 is 0. The van der Waals surface area contributed by atoms with Crippen molar-refractivity contribution in [1.82, 2.24) is 5.32 Å². The molecule has 0 spiro atoms. The average Bonchev–Trinajstić information content (AvgIpc) is 2.96. The van der Waals surface area contributed by atoms with Crippen molar-refractivity contribution in [2.75, 3.05) is 19.8 Å². The van der Waals surface area contributed by atoms with Gasteiger partial charge in [0, 0.05) is 12.1 Å². The summed E-state index contributed by atoms with van der Waals surface area (Å²) in [6.07, 6.45) is 9.07. The van der Waals surface area contributed by atoms with E-state index in [1.807, 2.05) is 0 Å². The molecule has 0 amide bonds. The Hall–Kier alpha value is -0.160. The lowest BCUT2D eigenvalue weighted by atomic mass is 9.77. The zero-order chi connectivity index (χ0) is 14.4. The molecule has 3 unspecified atom stereocenters. The van der Waals surface area contributed by atoms with Crippen molar-refractivity contribution >= 4 is 0 Å². The summed E-state index contributed by atoms with van der Waals surface area (Å²) in [4.78, 5) is 0. The van der Waals surface area contributed by atoms with Crippen LogP contribution in [0.4, 0.5) is 0 Å². The molecule has 2 aliphatic carbocycles.